The molecule has 2 heterocycles. The van der Waals surface area contributed by atoms with Crippen LogP contribution in [0.2, 0.25) is 0 Å². The molecule has 0 aliphatic heterocycles. The third-order valence-electron chi connectivity index (χ3n) is 5.18. The molecule has 4 rings (SSSR count). The van der Waals surface area contributed by atoms with Crippen LogP contribution in [0.15, 0.2) is 89.9 Å². The summed E-state index contributed by atoms with van der Waals surface area (Å²) in [7, 11) is 0. The lowest BCUT2D eigenvalue weighted by molar-refractivity contribution is -0.118. The van der Waals surface area contributed by atoms with E-state index in [0.717, 1.165) is 22.4 Å². The molecule has 0 atom stereocenters. The van der Waals surface area contributed by atoms with Gasteiger partial charge in [0, 0.05) is 29.3 Å². The van der Waals surface area contributed by atoms with Crippen molar-refractivity contribution >= 4 is 34.5 Å². The van der Waals surface area contributed by atoms with Crippen molar-refractivity contribution in [2.24, 2.45) is 0 Å². The number of anilines is 2. The van der Waals surface area contributed by atoms with Gasteiger partial charge in [0.1, 0.15) is 0 Å². The van der Waals surface area contributed by atoms with Crippen LogP contribution in [0.3, 0.4) is 0 Å². The number of pyridine rings is 1. The Labute approximate surface area is 191 Å². The highest BCUT2D eigenvalue weighted by molar-refractivity contribution is 7.07. The summed E-state index contributed by atoms with van der Waals surface area (Å²) in [4.78, 5) is 31.6. The maximum atomic E-state index is 13.3. The first-order valence-electron chi connectivity index (χ1n) is 10.3. The molecule has 32 heavy (non-hydrogen) atoms. The Hall–Kier alpha value is -3.77. The Morgan fingerprint density at radius 2 is 1.78 bits per heavy atom. The van der Waals surface area contributed by atoms with Crippen LogP contribution in [-0.4, -0.2) is 16.8 Å². The van der Waals surface area contributed by atoms with Crippen molar-refractivity contribution in [2.45, 2.75) is 19.9 Å². The molecule has 160 valence electrons. The lowest BCUT2D eigenvalue weighted by atomic mass is 10.1. The van der Waals surface area contributed by atoms with E-state index in [2.05, 4.69) is 10.3 Å². The molecule has 6 heteroatoms. The number of aromatic nitrogens is 1. The van der Waals surface area contributed by atoms with Gasteiger partial charge in [-0.2, -0.15) is 11.3 Å². The van der Waals surface area contributed by atoms with Gasteiger partial charge in [0.25, 0.3) is 5.91 Å². The van der Waals surface area contributed by atoms with Crippen LogP contribution >= 0.6 is 11.3 Å². The number of nitrogens with zero attached hydrogens (tertiary/aromatic N) is 2. The fraction of sp³-hybridized carbons (Fsp3) is 0.115. The van der Waals surface area contributed by atoms with Crippen molar-refractivity contribution in [1.82, 2.24) is 4.98 Å². The second kappa shape index (κ2) is 10.0. The number of benzene rings is 2. The molecular weight excluding hydrogens is 418 g/mol. The van der Waals surface area contributed by atoms with Gasteiger partial charge in [-0.3, -0.25) is 14.6 Å². The van der Waals surface area contributed by atoms with Crippen molar-refractivity contribution in [3.63, 3.8) is 0 Å². The van der Waals surface area contributed by atoms with Crippen molar-refractivity contribution in [2.75, 3.05) is 10.2 Å². The maximum absolute atomic E-state index is 13.3. The molecule has 1 N–H and O–H groups in total. The molecule has 0 fully saturated rings. The number of hydrogen-bond donors (Lipinski definition) is 1. The first-order valence-corrected chi connectivity index (χ1v) is 11.2. The van der Waals surface area contributed by atoms with E-state index in [0.29, 0.717) is 17.8 Å². The van der Waals surface area contributed by atoms with Crippen LogP contribution in [0.1, 0.15) is 27.0 Å². The summed E-state index contributed by atoms with van der Waals surface area (Å²) in [5.41, 5.74) is 5.09. The average Bonchev–Trinajstić information content (AvgIpc) is 3.33. The summed E-state index contributed by atoms with van der Waals surface area (Å²) in [6.07, 6.45) is 3.75. The van der Waals surface area contributed by atoms with Gasteiger partial charge in [-0.1, -0.05) is 18.2 Å². The van der Waals surface area contributed by atoms with Gasteiger partial charge in [-0.15, -0.1) is 0 Å². The topological polar surface area (TPSA) is 62.3 Å². The van der Waals surface area contributed by atoms with Crippen LogP contribution in [0.5, 0.6) is 0 Å². The number of carbonyl (C=O) groups excluding carboxylic acids is 2. The summed E-state index contributed by atoms with van der Waals surface area (Å²) in [6.45, 7) is 2.47. The summed E-state index contributed by atoms with van der Waals surface area (Å²) >= 11 is 1.61. The van der Waals surface area contributed by atoms with Gasteiger partial charge >= 0.3 is 0 Å². The Morgan fingerprint density at radius 3 is 2.47 bits per heavy atom. The Kier molecular flexibility index (Phi) is 6.72. The smallest absolute Gasteiger partial charge is 0.255 e. The van der Waals surface area contributed by atoms with E-state index in [9.17, 15) is 9.59 Å². The number of rotatable bonds is 7. The first-order chi connectivity index (χ1) is 15.6. The predicted octanol–water partition coefficient (Wildman–Crippen LogP) is 5.48. The monoisotopic (exact) mass is 441 g/mol. The van der Waals surface area contributed by atoms with Crippen LogP contribution < -0.4 is 10.2 Å². The second-order valence-electron chi connectivity index (χ2n) is 7.46. The van der Waals surface area contributed by atoms with Crippen LogP contribution in [-0.2, 0) is 17.8 Å². The number of hydrogen-bond acceptors (Lipinski definition) is 4. The van der Waals surface area contributed by atoms with Crippen molar-refractivity contribution < 1.29 is 9.59 Å². The van der Waals surface area contributed by atoms with Gasteiger partial charge < -0.3 is 10.2 Å². The highest BCUT2D eigenvalue weighted by Gasteiger charge is 2.18. The Balaban J connectivity index is 1.53. The second-order valence-corrected chi connectivity index (χ2v) is 8.24. The van der Waals surface area contributed by atoms with Gasteiger partial charge in [0.15, 0.2) is 0 Å². The first kappa shape index (κ1) is 21.5. The number of aryl methyl sites for hydroxylation is 1. The van der Waals surface area contributed by atoms with E-state index in [1.165, 1.54) is 0 Å². The van der Waals surface area contributed by atoms with Crippen molar-refractivity contribution in [3.05, 3.63) is 112 Å². The van der Waals surface area contributed by atoms with E-state index in [4.69, 9.17) is 0 Å². The maximum Gasteiger partial charge on any atom is 0.255 e. The molecule has 0 bridgehead atoms. The minimum Gasteiger partial charge on any atom is -0.322 e. The number of amides is 2. The number of thiophene rings is 1. The van der Waals surface area contributed by atoms with Crippen LogP contribution in [0, 0.1) is 6.92 Å². The largest absolute Gasteiger partial charge is 0.322 e. The van der Waals surface area contributed by atoms with Gasteiger partial charge in [0.05, 0.1) is 13.0 Å². The molecule has 0 spiro atoms. The van der Waals surface area contributed by atoms with Gasteiger partial charge in [0.2, 0.25) is 5.91 Å². The molecular formula is C26H23N3O2S. The summed E-state index contributed by atoms with van der Waals surface area (Å²) < 4.78 is 0. The molecule has 2 aromatic heterocycles. The van der Waals surface area contributed by atoms with E-state index in [1.54, 1.807) is 40.8 Å². The number of nitrogens with one attached hydrogen (secondary N) is 1. The zero-order valence-electron chi connectivity index (χ0n) is 17.7. The minimum absolute atomic E-state index is 0.00614. The highest BCUT2D eigenvalue weighted by atomic mass is 32.1. The average molecular weight is 442 g/mol. The summed E-state index contributed by atoms with van der Waals surface area (Å²) in [5, 5.41) is 6.95. The van der Waals surface area contributed by atoms with E-state index < -0.39 is 0 Å². The molecule has 0 aliphatic rings. The molecule has 0 saturated carbocycles. The molecule has 0 unspecified atom stereocenters. The highest BCUT2D eigenvalue weighted by Crippen LogP contribution is 2.23. The molecule has 5 nitrogen and oxygen atoms in total. The fourth-order valence-corrected chi connectivity index (χ4v) is 4.01. The van der Waals surface area contributed by atoms with Gasteiger partial charge in [-0.05, 0) is 82.9 Å². The summed E-state index contributed by atoms with van der Waals surface area (Å²) in [5.74, 6) is -0.176. The molecule has 0 radical (unpaired) electrons. The van der Waals surface area contributed by atoms with E-state index >= 15 is 0 Å². The Morgan fingerprint density at radius 1 is 1.00 bits per heavy atom. The standard InChI is InChI=1S/C26H23N3O2S/c1-19-11-13-27-16-22(19)15-25(30)29(17-20-12-14-32-18-20)24-9-7-23(8-10-24)28-26(31)21-5-3-2-4-6-21/h2-14,16,18H,15,17H2,1H3,(H,28,31). The lowest BCUT2D eigenvalue weighted by Crippen LogP contribution is -2.31. The van der Waals surface area contributed by atoms with E-state index in [-0.39, 0.29) is 18.2 Å². The molecule has 2 amide bonds. The normalized spacial score (nSPS) is 10.5. The SMILES string of the molecule is Cc1ccncc1CC(=O)N(Cc1ccsc1)c1ccc(NC(=O)c2ccccc2)cc1. The third-order valence-corrected chi connectivity index (χ3v) is 5.92. The molecule has 2 aromatic carbocycles. The van der Waals surface area contributed by atoms with E-state index in [1.807, 2.05) is 72.3 Å². The lowest BCUT2D eigenvalue weighted by Gasteiger charge is -2.23. The fourth-order valence-electron chi connectivity index (χ4n) is 3.35. The number of carbonyl (C=O) groups is 2. The van der Waals surface area contributed by atoms with Gasteiger partial charge in [-0.25, -0.2) is 0 Å². The molecule has 0 aliphatic carbocycles. The van der Waals surface area contributed by atoms with Crippen LogP contribution in [0.4, 0.5) is 11.4 Å². The van der Waals surface area contributed by atoms with Crippen LogP contribution in [0.25, 0.3) is 0 Å². The van der Waals surface area contributed by atoms with Crippen molar-refractivity contribution in [3.8, 4) is 0 Å². The Bertz CT molecular complexity index is 1190. The zero-order valence-corrected chi connectivity index (χ0v) is 18.5. The quantitative estimate of drug-likeness (QED) is 0.413. The third kappa shape index (κ3) is 5.28. The summed E-state index contributed by atoms with van der Waals surface area (Å²) in [6, 6.07) is 20.4. The zero-order chi connectivity index (χ0) is 22.3. The minimum atomic E-state index is -0.170. The molecule has 0 saturated heterocycles. The van der Waals surface area contributed by atoms with Crippen molar-refractivity contribution in [1.29, 1.82) is 0 Å². The molecule has 4 aromatic rings. The predicted molar refractivity (Wildman–Crippen MR) is 129 cm³/mol.